The van der Waals surface area contributed by atoms with Gasteiger partial charge in [-0.25, -0.2) is 4.39 Å². The van der Waals surface area contributed by atoms with Gasteiger partial charge in [0.05, 0.1) is 10.6 Å². The van der Waals surface area contributed by atoms with E-state index in [9.17, 15) is 14.0 Å². The Morgan fingerprint density at radius 2 is 1.97 bits per heavy atom. The van der Waals surface area contributed by atoms with E-state index in [1.807, 2.05) is 26.0 Å². The van der Waals surface area contributed by atoms with Crippen LogP contribution >= 0.6 is 22.9 Å². The zero-order valence-corrected chi connectivity index (χ0v) is 18.2. The van der Waals surface area contributed by atoms with Crippen molar-refractivity contribution in [2.75, 3.05) is 18.1 Å². The highest BCUT2D eigenvalue weighted by Gasteiger charge is 2.24. The highest BCUT2D eigenvalue weighted by molar-refractivity contribution is 7.18. The normalized spacial score (nSPS) is 10.7. The number of halogens is 2. The Labute approximate surface area is 182 Å². The number of carbonyl (C=O) groups excluding carboxylic acids is 2. The first-order valence-electron chi connectivity index (χ1n) is 9.14. The minimum absolute atomic E-state index is 0.0163. The predicted octanol–water partition coefficient (Wildman–Crippen LogP) is 4.86. The average Bonchev–Trinajstić information content (AvgIpc) is 3.19. The molecule has 0 aliphatic carbocycles. The molecule has 9 heteroatoms. The molecule has 156 valence electrons. The number of rotatable bonds is 7. The van der Waals surface area contributed by atoms with Crippen LogP contribution in [0.1, 0.15) is 28.4 Å². The second kappa shape index (κ2) is 9.32. The van der Waals surface area contributed by atoms with E-state index in [2.05, 4.69) is 10.2 Å². The molecule has 0 radical (unpaired) electrons. The number of aromatic nitrogens is 2. The molecule has 0 N–H and O–H groups in total. The number of hydrogen-bond donors (Lipinski definition) is 0. The summed E-state index contributed by atoms with van der Waals surface area (Å²) in [5.74, 6) is -0.646. The van der Waals surface area contributed by atoms with E-state index in [1.54, 1.807) is 6.92 Å². The third kappa shape index (κ3) is 4.34. The van der Waals surface area contributed by atoms with Gasteiger partial charge in [0.25, 0.3) is 5.91 Å². The van der Waals surface area contributed by atoms with Gasteiger partial charge < -0.3 is 4.74 Å². The number of amides is 1. The minimum Gasteiger partial charge on any atom is -0.486 e. The molecule has 0 bridgehead atoms. The molecule has 0 fully saturated rings. The average molecular weight is 448 g/mol. The maximum absolute atomic E-state index is 14.3. The van der Waals surface area contributed by atoms with Crippen molar-refractivity contribution in [1.82, 2.24) is 10.2 Å². The van der Waals surface area contributed by atoms with Crippen LogP contribution in [0.2, 0.25) is 5.02 Å². The summed E-state index contributed by atoms with van der Waals surface area (Å²) in [6, 6.07) is 8.06. The first-order valence-corrected chi connectivity index (χ1v) is 10.3. The van der Waals surface area contributed by atoms with Gasteiger partial charge in [-0.15, -0.1) is 10.2 Å². The van der Waals surface area contributed by atoms with Crippen molar-refractivity contribution >= 4 is 40.3 Å². The molecule has 6 nitrogen and oxygen atoms in total. The minimum atomic E-state index is -0.760. The molecular formula is C21H19ClFN3O3S. The first kappa shape index (κ1) is 21.9. The molecule has 1 amide bonds. The summed E-state index contributed by atoms with van der Waals surface area (Å²) in [5, 5.41) is 9.19. The van der Waals surface area contributed by atoms with E-state index in [0.29, 0.717) is 22.2 Å². The van der Waals surface area contributed by atoms with Gasteiger partial charge in [0, 0.05) is 12.1 Å². The van der Waals surface area contributed by atoms with Crippen LogP contribution in [-0.2, 0) is 4.79 Å². The Morgan fingerprint density at radius 1 is 1.27 bits per heavy atom. The number of hydrogen-bond acceptors (Lipinski definition) is 6. The third-order valence-corrected chi connectivity index (χ3v) is 5.68. The Balaban J connectivity index is 1.92. The molecule has 0 spiro atoms. The molecular weight excluding hydrogens is 429 g/mol. The van der Waals surface area contributed by atoms with E-state index < -0.39 is 11.7 Å². The monoisotopic (exact) mass is 447 g/mol. The fourth-order valence-electron chi connectivity index (χ4n) is 3.04. The second-order valence-electron chi connectivity index (χ2n) is 6.46. The lowest BCUT2D eigenvalue weighted by Gasteiger charge is -2.17. The van der Waals surface area contributed by atoms with Gasteiger partial charge in [-0.2, -0.15) is 0 Å². The zero-order valence-electron chi connectivity index (χ0n) is 16.6. The molecule has 3 rings (SSSR count). The van der Waals surface area contributed by atoms with Crippen LogP contribution in [-0.4, -0.2) is 35.5 Å². The van der Waals surface area contributed by atoms with E-state index >= 15 is 0 Å². The molecule has 3 aromatic rings. The summed E-state index contributed by atoms with van der Waals surface area (Å²) in [6.45, 7) is 5.80. The van der Waals surface area contributed by atoms with Crippen molar-refractivity contribution in [2.45, 2.75) is 20.8 Å². The number of aldehydes is 1. The summed E-state index contributed by atoms with van der Waals surface area (Å²) in [4.78, 5) is 24.8. The maximum atomic E-state index is 14.3. The van der Waals surface area contributed by atoms with Crippen molar-refractivity contribution < 1.29 is 18.7 Å². The molecule has 1 heterocycles. The predicted molar refractivity (Wildman–Crippen MR) is 115 cm³/mol. The van der Waals surface area contributed by atoms with Crippen LogP contribution < -0.4 is 9.64 Å². The van der Waals surface area contributed by atoms with Gasteiger partial charge in [0.1, 0.15) is 17.4 Å². The summed E-state index contributed by atoms with van der Waals surface area (Å²) in [6.07, 6.45) is 0.697. The molecule has 30 heavy (non-hydrogen) atoms. The number of benzene rings is 2. The quantitative estimate of drug-likeness (QED) is 0.484. The number of aryl methyl sites for hydroxylation is 2. The Hall–Kier alpha value is -2.84. The van der Waals surface area contributed by atoms with Crippen molar-refractivity contribution in [1.29, 1.82) is 0 Å². The molecule has 0 saturated heterocycles. The van der Waals surface area contributed by atoms with Crippen LogP contribution in [0.15, 0.2) is 30.3 Å². The number of carbonyl (C=O) groups is 2. The lowest BCUT2D eigenvalue weighted by molar-refractivity contribution is -0.109. The molecule has 0 atom stereocenters. The number of nitrogens with zero attached hydrogens (tertiary/aromatic N) is 3. The van der Waals surface area contributed by atoms with E-state index in [-0.39, 0.29) is 23.7 Å². The summed E-state index contributed by atoms with van der Waals surface area (Å²) in [7, 11) is 0. The van der Waals surface area contributed by atoms with Crippen LogP contribution in [0.3, 0.4) is 0 Å². The Kier molecular flexibility index (Phi) is 6.79. The fraction of sp³-hybridized carbons (Fsp3) is 0.238. The zero-order chi connectivity index (χ0) is 21.8. The Bertz CT molecular complexity index is 1080. The van der Waals surface area contributed by atoms with E-state index in [0.717, 1.165) is 16.7 Å². The van der Waals surface area contributed by atoms with Crippen LogP contribution in [0, 0.1) is 19.7 Å². The molecule has 0 unspecified atom stereocenters. The van der Waals surface area contributed by atoms with Crippen LogP contribution in [0.25, 0.3) is 10.6 Å². The summed E-state index contributed by atoms with van der Waals surface area (Å²) in [5.41, 5.74) is 2.40. The lowest BCUT2D eigenvalue weighted by atomic mass is 10.1. The fourth-order valence-corrected chi connectivity index (χ4v) is 4.11. The van der Waals surface area contributed by atoms with Gasteiger partial charge in [-0.1, -0.05) is 29.0 Å². The molecule has 2 aromatic carbocycles. The van der Waals surface area contributed by atoms with Gasteiger partial charge in [-0.3, -0.25) is 14.5 Å². The van der Waals surface area contributed by atoms with Gasteiger partial charge >= 0.3 is 0 Å². The van der Waals surface area contributed by atoms with E-state index in [4.69, 9.17) is 16.3 Å². The van der Waals surface area contributed by atoms with Crippen LogP contribution in [0.4, 0.5) is 9.52 Å². The summed E-state index contributed by atoms with van der Waals surface area (Å²) < 4.78 is 19.8. The van der Waals surface area contributed by atoms with Crippen LogP contribution in [0.5, 0.6) is 5.75 Å². The number of anilines is 1. The molecule has 1 aromatic heterocycles. The Morgan fingerprint density at radius 3 is 2.60 bits per heavy atom. The molecule has 0 saturated carbocycles. The molecule has 0 aliphatic rings. The summed E-state index contributed by atoms with van der Waals surface area (Å²) >= 11 is 7.03. The lowest BCUT2D eigenvalue weighted by Crippen LogP contribution is -2.31. The van der Waals surface area contributed by atoms with Crippen molar-refractivity contribution in [3.05, 3.63) is 57.9 Å². The van der Waals surface area contributed by atoms with E-state index in [1.165, 1.54) is 34.4 Å². The van der Waals surface area contributed by atoms with Gasteiger partial charge in [0.15, 0.2) is 12.1 Å². The van der Waals surface area contributed by atoms with Crippen molar-refractivity contribution in [2.24, 2.45) is 0 Å². The standard InChI is InChI=1S/C21H19ClFN3O3S/c1-4-26(20(28)15-6-5-7-16(22)17(15)23)21-25-24-19(30-21)14-10-12(2)18(13(3)11-14)29-9-8-27/h5-8,10-11H,4,9H2,1-3H3. The first-order chi connectivity index (χ1) is 14.4. The SMILES string of the molecule is CCN(C(=O)c1cccc(Cl)c1F)c1nnc(-c2cc(C)c(OCC=O)c(C)c2)s1. The van der Waals surface area contributed by atoms with Gasteiger partial charge in [-0.05, 0) is 56.2 Å². The third-order valence-electron chi connectivity index (χ3n) is 4.39. The largest absolute Gasteiger partial charge is 0.486 e. The molecule has 0 aliphatic heterocycles. The van der Waals surface area contributed by atoms with Crippen molar-refractivity contribution in [3.63, 3.8) is 0 Å². The smallest absolute Gasteiger partial charge is 0.263 e. The van der Waals surface area contributed by atoms with Crippen molar-refractivity contribution in [3.8, 4) is 16.3 Å². The number of ether oxygens (including phenoxy) is 1. The maximum Gasteiger partial charge on any atom is 0.263 e. The highest BCUT2D eigenvalue weighted by Crippen LogP contribution is 2.34. The topological polar surface area (TPSA) is 72.4 Å². The second-order valence-corrected chi connectivity index (χ2v) is 7.82. The highest BCUT2D eigenvalue weighted by atomic mass is 35.5. The van der Waals surface area contributed by atoms with Gasteiger partial charge in [0.2, 0.25) is 5.13 Å².